The number of para-hydroxylation sites is 1. The summed E-state index contributed by atoms with van der Waals surface area (Å²) in [7, 11) is 0. The van der Waals surface area contributed by atoms with Gasteiger partial charge in [-0.25, -0.2) is 9.59 Å². The molecule has 0 atom stereocenters. The molecular formula is C12H12O5. The topological polar surface area (TPSA) is 83.8 Å². The van der Waals surface area contributed by atoms with Crippen LogP contribution in [0.15, 0.2) is 29.8 Å². The second-order valence-corrected chi connectivity index (χ2v) is 3.35. The average molecular weight is 236 g/mol. The monoisotopic (exact) mass is 236 g/mol. The molecule has 0 aliphatic heterocycles. The van der Waals surface area contributed by atoms with Crippen molar-refractivity contribution in [1.29, 1.82) is 0 Å². The van der Waals surface area contributed by atoms with Gasteiger partial charge in [0.25, 0.3) is 0 Å². The Bertz CT molecular complexity index is 462. The average Bonchev–Trinajstić information content (AvgIpc) is 2.27. The molecule has 17 heavy (non-hydrogen) atoms. The van der Waals surface area contributed by atoms with E-state index < -0.39 is 18.5 Å². The van der Waals surface area contributed by atoms with Crippen LogP contribution >= 0.6 is 0 Å². The predicted molar refractivity (Wildman–Crippen MR) is 60.9 cm³/mol. The van der Waals surface area contributed by atoms with Gasteiger partial charge >= 0.3 is 11.9 Å². The number of benzene rings is 1. The lowest BCUT2D eigenvalue weighted by molar-refractivity contribution is -0.139. The SMILES string of the molecule is C/C(=C\c1ccccc1OCC(=O)O)C(=O)O. The lowest BCUT2D eigenvalue weighted by Crippen LogP contribution is -2.10. The van der Waals surface area contributed by atoms with Crippen molar-refractivity contribution < 1.29 is 24.5 Å². The van der Waals surface area contributed by atoms with E-state index in [0.29, 0.717) is 11.3 Å². The second-order valence-electron chi connectivity index (χ2n) is 3.35. The Labute approximate surface area is 98.0 Å². The van der Waals surface area contributed by atoms with Gasteiger partial charge in [-0.3, -0.25) is 0 Å². The third kappa shape index (κ3) is 3.98. The van der Waals surface area contributed by atoms with E-state index in [4.69, 9.17) is 14.9 Å². The van der Waals surface area contributed by atoms with E-state index >= 15 is 0 Å². The fourth-order valence-electron chi connectivity index (χ4n) is 1.17. The van der Waals surface area contributed by atoms with Crippen LogP contribution in [0.4, 0.5) is 0 Å². The van der Waals surface area contributed by atoms with Crippen molar-refractivity contribution in [3.05, 3.63) is 35.4 Å². The Morgan fingerprint density at radius 3 is 2.53 bits per heavy atom. The van der Waals surface area contributed by atoms with Gasteiger partial charge in [0, 0.05) is 11.1 Å². The number of ether oxygens (including phenoxy) is 1. The number of carbonyl (C=O) groups is 2. The molecule has 0 spiro atoms. The van der Waals surface area contributed by atoms with Gasteiger partial charge in [-0.15, -0.1) is 0 Å². The molecule has 0 aliphatic carbocycles. The Morgan fingerprint density at radius 1 is 1.29 bits per heavy atom. The quantitative estimate of drug-likeness (QED) is 0.759. The Kier molecular flexibility index (Phi) is 4.28. The number of hydrogen-bond acceptors (Lipinski definition) is 3. The molecule has 5 heteroatoms. The zero-order valence-corrected chi connectivity index (χ0v) is 9.21. The second kappa shape index (κ2) is 5.69. The summed E-state index contributed by atoms with van der Waals surface area (Å²) in [6, 6.07) is 6.65. The van der Waals surface area contributed by atoms with E-state index in [-0.39, 0.29) is 5.57 Å². The molecule has 0 aromatic heterocycles. The summed E-state index contributed by atoms with van der Waals surface area (Å²) in [5.74, 6) is -1.77. The standard InChI is InChI=1S/C12H12O5/c1-8(12(15)16)6-9-4-2-3-5-10(9)17-7-11(13)14/h2-6H,7H2,1H3,(H,13,14)(H,15,16)/b8-6+. The van der Waals surface area contributed by atoms with E-state index in [1.165, 1.54) is 13.0 Å². The van der Waals surface area contributed by atoms with Gasteiger partial charge in [-0.1, -0.05) is 18.2 Å². The molecule has 1 aromatic carbocycles. The number of aliphatic carboxylic acids is 2. The van der Waals surface area contributed by atoms with E-state index in [2.05, 4.69) is 0 Å². The lowest BCUT2D eigenvalue weighted by Gasteiger charge is -2.07. The first-order chi connectivity index (χ1) is 8.00. The van der Waals surface area contributed by atoms with Crippen molar-refractivity contribution >= 4 is 18.0 Å². The Hall–Kier alpha value is -2.30. The van der Waals surface area contributed by atoms with E-state index in [9.17, 15) is 9.59 Å². The fraction of sp³-hybridized carbons (Fsp3) is 0.167. The molecule has 0 radical (unpaired) electrons. The van der Waals surface area contributed by atoms with Crippen LogP contribution in [-0.2, 0) is 9.59 Å². The molecule has 1 rings (SSSR count). The summed E-state index contributed by atoms with van der Waals surface area (Å²) in [5, 5.41) is 17.3. The van der Waals surface area contributed by atoms with Crippen LogP contribution in [0, 0.1) is 0 Å². The number of carboxylic acids is 2. The predicted octanol–water partition coefficient (Wildman–Crippen LogP) is 1.64. The molecule has 0 bridgehead atoms. The van der Waals surface area contributed by atoms with E-state index in [1.807, 2.05) is 0 Å². The summed E-state index contributed by atoms with van der Waals surface area (Å²) in [4.78, 5) is 21.1. The number of carboxylic acid groups (broad SMARTS) is 2. The smallest absolute Gasteiger partial charge is 0.341 e. The molecule has 0 unspecified atom stereocenters. The summed E-state index contributed by atoms with van der Waals surface area (Å²) in [6.45, 7) is 0.993. The van der Waals surface area contributed by atoms with Crippen LogP contribution < -0.4 is 4.74 Å². The molecule has 0 saturated heterocycles. The van der Waals surface area contributed by atoms with Gasteiger partial charge in [0.15, 0.2) is 6.61 Å². The minimum atomic E-state index is -1.08. The molecule has 5 nitrogen and oxygen atoms in total. The first-order valence-corrected chi connectivity index (χ1v) is 4.86. The molecule has 0 fully saturated rings. The van der Waals surface area contributed by atoms with Crippen LogP contribution in [0.1, 0.15) is 12.5 Å². The molecule has 0 heterocycles. The summed E-state index contributed by atoms with van der Waals surface area (Å²) in [6.07, 6.45) is 1.43. The van der Waals surface area contributed by atoms with Crippen LogP contribution in [0.5, 0.6) is 5.75 Å². The zero-order chi connectivity index (χ0) is 12.8. The minimum Gasteiger partial charge on any atom is -0.481 e. The van der Waals surface area contributed by atoms with Crippen molar-refractivity contribution in [2.45, 2.75) is 6.92 Å². The van der Waals surface area contributed by atoms with Gasteiger partial charge in [0.1, 0.15) is 5.75 Å². The third-order valence-electron chi connectivity index (χ3n) is 1.98. The van der Waals surface area contributed by atoms with Gasteiger partial charge in [0.05, 0.1) is 0 Å². The summed E-state index contributed by atoms with van der Waals surface area (Å²) < 4.78 is 5.04. The fourth-order valence-corrected chi connectivity index (χ4v) is 1.17. The third-order valence-corrected chi connectivity index (χ3v) is 1.98. The minimum absolute atomic E-state index is 0.149. The van der Waals surface area contributed by atoms with Crippen LogP contribution in [0.2, 0.25) is 0 Å². The van der Waals surface area contributed by atoms with Gasteiger partial charge in [-0.05, 0) is 19.1 Å². The molecule has 0 amide bonds. The van der Waals surface area contributed by atoms with Crippen molar-refractivity contribution in [3.63, 3.8) is 0 Å². The highest BCUT2D eigenvalue weighted by molar-refractivity contribution is 5.91. The first kappa shape index (κ1) is 12.8. The molecule has 1 aromatic rings. The van der Waals surface area contributed by atoms with Crippen molar-refractivity contribution in [2.24, 2.45) is 0 Å². The lowest BCUT2D eigenvalue weighted by atomic mass is 10.1. The zero-order valence-electron chi connectivity index (χ0n) is 9.21. The number of hydrogen-bond donors (Lipinski definition) is 2. The Balaban J connectivity index is 2.95. The van der Waals surface area contributed by atoms with E-state index in [0.717, 1.165) is 0 Å². The summed E-state index contributed by atoms with van der Waals surface area (Å²) in [5.41, 5.74) is 0.685. The first-order valence-electron chi connectivity index (χ1n) is 4.86. The van der Waals surface area contributed by atoms with Gasteiger partial charge in [-0.2, -0.15) is 0 Å². The Morgan fingerprint density at radius 2 is 1.94 bits per heavy atom. The maximum absolute atomic E-state index is 10.7. The highest BCUT2D eigenvalue weighted by Crippen LogP contribution is 2.20. The highest BCUT2D eigenvalue weighted by atomic mass is 16.5. The maximum atomic E-state index is 10.7. The van der Waals surface area contributed by atoms with Crippen LogP contribution in [0.25, 0.3) is 6.08 Å². The summed E-state index contributed by atoms with van der Waals surface area (Å²) >= 11 is 0. The molecular weight excluding hydrogens is 224 g/mol. The molecule has 0 aliphatic rings. The highest BCUT2D eigenvalue weighted by Gasteiger charge is 2.06. The molecule has 0 saturated carbocycles. The van der Waals surface area contributed by atoms with E-state index in [1.54, 1.807) is 24.3 Å². The van der Waals surface area contributed by atoms with Crippen molar-refractivity contribution in [3.8, 4) is 5.75 Å². The molecule has 2 N–H and O–H groups in total. The number of rotatable bonds is 5. The maximum Gasteiger partial charge on any atom is 0.341 e. The largest absolute Gasteiger partial charge is 0.481 e. The van der Waals surface area contributed by atoms with Crippen molar-refractivity contribution in [2.75, 3.05) is 6.61 Å². The van der Waals surface area contributed by atoms with Crippen LogP contribution in [0.3, 0.4) is 0 Å². The van der Waals surface area contributed by atoms with Gasteiger partial charge < -0.3 is 14.9 Å². The normalized spacial score (nSPS) is 11.0. The van der Waals surface area contributed by atoms with Crippen molar-refractivity contribution in [1.82, 2.24) is 0 Å². The molecule has 90 valence electrons. The van der Waals surface area contributed by atoms with Crippen LogP contribution in [-0.4, -0.2) is 28.8 Å². The van der Waals surface area contributed by atoms with Gasteiger partial charge in [0.2, 0.25) is 0 Å².